The van der Waals surface area contributed by atoms with E-state index < -0.39 is 23.5 Å². The summed E-state index contributed by atoms with van der Waals surface area (Å²) >= 11 is 0. The van der Waals surface area contributed by atoms with Crippen LogP contribution in [0.5, 0.6) is 0 Å². The molecule has 1 N–H and O–H groups in total. The summed E-state index contributed by atoms with van der Waals surface area (Å²) in [5, 5.41) is 0. The van der Waals surface area contributed by atoms with Gasteiger partial charge in [-0.2, -0.15) is 13.2 Å². The number of carbonyl (C=O) groups excluding carboxylic acids is 1. The van der Waals surface area contributed by atoms with Crippen molar-refractivity contribution in [3.05, 3.63) is 58.2 Å². The third-order valence-electron chi connectivity index (χ3n) is 3.49. The fraction of sp³-hybridized carbons (Fsp3) is 0.312. The molecule has 124 valence electrons. The predicted molar refractivity (Wildman–Crippen MR) is 75.7 cm³/mol. The minimum atomic E-state index is -4.58. The third kappa shape index (κ3) is 3.72. The number of hydrogen-bond donors (Lipinski definition) is 1. The van der Waals surface area contributed by atoms with Crippen LogP contribution in [0.1, 0.15) is 39.7 Å². The molecular weight excluding hydrogens is 314 g/mol. The Morgan fingerprint density at radius 3 is 2.52 bits per heavy atom. The standard InChI is InChI=1S/C16H15F4NO2/c1-3-23-15(22)14-9(2)11(8-21-14)6-10-4-5-12(7-13(10)17)16(18,19)20/h4-5,7-8,21H,3,6H2,1-2H3. The van der Waals surface area contributed by atoms with Crippen LogP contribution in [0.4, 0.5) is 17.6 Å². The first kappa shape index (κ1) is 17.1. The largest absolute Gasteiger partial charge is 0.461 e. The molecule has 0 aliphatic carbocycles. The van der Waals surface area contributed by atoms with Gasteiger partial charge in [0.05, 0.1) is 12.2 Å². The number of H-pyrrole nitrogens is 1. The van der Waals surface area contributed by atoms with Gasteiger partial charge in [0.1, 0.15) is 11.5 Å². The fourth-order valence-electron chi connectivity index (χ4n) is 2.21. The van der Waals surface area contributed by atoms with Gasteiger partial charge < -0.3 is 9.72 Å². The van der Waals surface area contributed by atoms with E-state index in [0.717, 1.165) is 12.1 Å². The minimum absolute atomic E-state index is 0.0751. The van der Waals surface area contributed by atoms with Crippen LogP contribution in [0.3, 0.4) is 0 Å². The molecule has 0 unspecified atom stereocenters. The van der Waals surface area contributed by atoms with Gasteiger partial charge in [-0.15, -0.1) is 0 Å². The molecule has 0 aliphatic rings. The number of benzene rings is 1. The quantitative estimate of drug-likeness (QED) is 0.673. The van der Waals surface area contributed by atoms with Crippen molar-refractivity contribution in [2.75, 3.05) is 6.61 Å². The van der Waals surface area contributed by atoms with Crippen molar-refractivity contribution >= 4 is 5.97 Å². The maximum absolute atomic E-state index is 13.9. The Hall–Kier alpha value is -2.31. The SMILES string of the molecule is CCOC(=O)c1[nH]cc(Cc2ccc(C(F)(F)F)cc2F)c1C. The Labute approximate surface area is 130 Å². The van der Waals surface area contributed by atoms with E-state index in [4.69, 9.17) is 4.74 Å². The molecule has 2 aromatic rings. The molecule has 23 heavy (non-hydrogen) atoms. The van der Waals surface area contributed by atoms with Crippen molar-refractivity contribution in [3.8, 4) is 0 Å². The average Bonchev–Trinajstić information content (AvgIpc) is 2.81. The summed E-state index contributed by atoms with van der Waals surface area (Å²) in [6.45, 7) is 3.56. The Bertz CT molecular complexity index is 719. The maximum atomic E-state index is 13.9. The second-order valence-electron chi connectivity index (χ2n) is 5.02. The number of ether oxygens (including phenoxy) is 1. The molecule has 2 rings (SSSR count). The van der Waals surface area contributed by atoms with E-state index >= 15 is 0 Å². The predicted octanol–water partition coefficient (Wildman–Crippen LogP) is 4.25. The first-order valence-electron chi connectivity index (χ1n) is 6.93. The van der Waals surface area contributed by atoms with Gasteiger partial charge in [0.25, 0.3) is 0 Å². The molecule has 0 spiro atoms. The number of alkyl halides is 3. The van der Waals surface area contributed by atoms with Crippen molar-refractivity contribution in [1.29, 1.82) is 0 Å². The van der Waals surface area contributed by atoms with Crippen LogP contribution in [0.15, 0.2) is 24.4 Å². The molecule has 0 aliphatic heterocycles. The van der Waals surface area contributed by atoms with Crippen LogP contribution in [0.25, 0.3) is 0 Å². The molecule has 1 aromatic heterocycles. The van der Waals surface area contributed by atoms with Crippen LogP contribution in [0.2, 0.25) is 0 Å². The van der Waals surface area contributed by atoms with Gasteiger partial charge in [-0.05, 0) is 42.7 Å². The molecule has 0 amide bonds. The van der Waals surface area contributed by atoms with E-state index in [1.165, 1.54) is 6.20 Å². The zero-order valence-corrected chi connectivity index (χ0v) is 12.6. The molecule has 7 heteroatoms. The molecule has 0 saturated heterocycles. The molecule has 0 atom stereocenters. The summed E-state index contributed by atoms with van der Waals surface area (Å²) in [5.74, 6) is -1.46. The van der Waals surface area contributed by atoms with Gasteiger partial charge in [0, 0.05) is 12.6 Å². The number of nitrogens with one attached hydrogen (secondary N) is 1. The Morgan fingerprint density at radius 2 is 1.96 bits per heavy atom. The second-order valence-corrected chi connectivity index (χ2v) is 5.02. The topological polar surface area (TPSA) is 42.1 Å². The van der Waals surface area contributed by atoms with Crippen molar-refractivity contribution < 1.29 is 27.1 Å². The first-order chi connectivity index (χ1) is 10.7. The molecule has 0 saturated carbocycles. The number of aromatic amines is 1. The lowest BCUT2D eigenvalue weighted by Crippen LogP contribution is -2.07. The number of esters is 1. The number of hydrogen-bond acceptors (Lipinski definition) is 2. The monoisotopic (exact) mass is 329 g/mol. The van der Waals surface area contributed by atoms with Crippen molar-refractivity contribution in [2.45, 2.75) is 26.4 Å². The number of halogens is 4. The van der Waals surface area contributed by atoms with Crippen molar-refractivity contribution in [2.24, 2.45) is 0 Å². The highest BCUT2D eigenvalue weighted by Gasteiger charge is 2.31. The Kier molecular flexibility index (Phi) is 4.77. The average molecular weight is 329 g/mol. The summed E-state index contributed by atoms with van der Waals surface area (Å²) in [7, 11) is 0. The normalized spacial score (nSPS) is 11.6. The summed E-state index contributed by atoms with van der Waals surface area (Å²) in [5.41, 5.74) is 0.552. The van der Waals surface area contributed by atoms with E-state index in [0.29, 0.717) is 17.2 Å². The van der Waals surface area contributed by atoms with Gasteiger partial charge in [-0.1, -0.05) is 6.07 Å². The summed E-state index contributed by atoms with van der Waals surface area (Å²) < 4.78 is 56.4. The van der Waals surface area contributed by atoms with Gasteiger partial charge in [0.15, 0.2) is 0 Å². The molecular formula is C16H15F4NO2. The molecule has 0 bridgehead atoms. The lowest BCUT2D eigenvalue weighted by molar-refractivity contribution is -0.137. The number of carbonyl (C=O) groups is 1. The Morgan fingerprint density at radius 1 is 1.26 bits per heavy atom. The van der Waals surface area contributed by atoms with Gasteiger partial charge >= 0.3 is 12.1 Å². The van der Waals surface area contributed by atoms with Crippen LogP contribution in [-0.2, 0) is 17.3 Å². The van der Waals surface area contributed by atoms with Gasteiger partial charge in [0.2, 0.25) is 0 Å². The first-order valence-corrected chi connectivity index (χ1v) is 6.93. The fourth-order valence-corrected chi connectivity index (χ4v) is 2.21. The summed E-state index contributed by atoms with van der Waals surface area (Å²) in [6.07, 6.45) is -2.98. The highest BCUT2D eigenvalue weighted by molar-refractivity contribution is 5.89. The van der Waals surface area contributed by atoms with Crippen LogP contribution >= 0.6 is 0 Å². The molecule has 3 nitrogen and oxygen atoms in total. The summed E-state index contributed by atoms with van der Waals surface area (Å²) in [6, 6.07) is 2.42. The van der Waals surface area contributed by atoms with E-state index in [-0.39, 0.29) is 24.3 Å². The van der Waals surface area contributed by atoms with E-state index in [1.54, 1.807) is 13.8 Å². The zero-order valence-electron chi connectivity index (χ0n) is 12.6. The molecule has 1 aromatic carbocycles. The van der Waals surface area contributed by atoms with Gasteiger partial charge in [-0.25, -0.2) is 9.18 Å². The van der Waals surface area contributed by atoms with Crippen molar-refractivity contribution in [3.63, 3.8) is 0 Å². The van der Waals surface area contributed by atoms with Gasteiger partial charge in [-0.3, -0.25) is 0 Å². The Balaban J connectivity index is 2.25. The molecule has 0 radical (unpaired) electrons. The highest BCUT2D eigenvalue weighted by atomic mass is 19.4. The smallest absolute Gasteiger partial charge is 0.416 e. The minimum Gasteiger partial charge on any atom is -0.461 e. The highest BCUT2D eigenvalue weighted by Crippen LogP contribution is 2.31. The zero-order chi connectivity index (χ0) is 17.2. The molecule has 0 fully saturated rings. The van der Waals surface area contributed by atoms with Crippen molar-refractivity contribution in [1.82, 2.24) is 4.98 Å². The molecule has 1 heterocycles. The second kappa shape index (κ2) is 6.44. The van der Waals surface area contributed by atoms with E-state index in [2.05, 4.69) is 4.98 Å². The van der Waals surface area contributed by atoms with E-state index in [9.17, 15) is 22.4 Å². The maximum Gasteiger partial charge on any atom is 0.416 e. The number of rotatable bonds is 4. The lowest BCUT2D eigenvalue weighted by Gasteiger charge is -2.09. The summed E-state index contributed by atoms with van der Waals surface area (Å²) in [4.78, 5) is 14.5. The van der Waals surface area contributed by atoms with E-state index in [1.807, 2.05) is 0 Å². The number of aromatic nitrogens is 1. The van der Waals surface area contributed by atoms with Crippen LogP contribution in [0, 0.1) is 12.7 Å². The van der Waals surface area contributed by atoms with Crippen LogP contribution in [-0.4, -0.2) is 17.6 Å². The van der Waals surface area contributed by atoms with Crippen LogP contribution < -0.4 is 0 Å². The lowest BCUT2D eigenvalue weighted by atomic mass is 10.0. The third-order valence-corrected chi connectivity index (χ3v) is 3.49.